The zero-order chi connectivity index (χ0) is 24.6. The smallest absolute Gasteiger partial charge is 0.271 e. The Labute approximate surface area is 216 Å². The van der Waals surface area contributed by atoms with Crippen molar-refractivity contribution in [2.45, 2.75) is 19.0 Å². The summed E-state index contributed by atoms with van der Waals surface area (Å²) in [6.45, 7) is 0.256. The summed E-state index contributed by atoms with van der Waals surface area (Å²) >= 11 is 13.5. The highest BCUT2D eigenvalue weighted by Crippen LogP contribution is 2.32. The average Bonchev–Trinajstić information content (AvgIpc) is 3.35. The number of amides is 2. The number of halogens is 2. The zero-order valence-electron chi connectivity index (χ0n) is 18.4. The van der Waals surface area contributed by atoms with Crippen LogP contribution in [0.1, 0.15) is 21.7 Å². The van der Waals surface area contributed by atoms with E-state index in [1.54, 1.807) is 35.8 Å². The van der Waals surface area contributed by atoms with E-state index >= 15 is 0 Å². The van der Waals surface area contributed by atoms with Crippen LogP contribution < -0.4 is 16.0 Å². The number of aromatic nitrogens is 2. The third-order valence-corrected chi connectivity index (χ3v) is 6.58. The fraction of sp³-hybridized carbons (Fsp3) is 0.120. The second kappa shape index (κ2) is 11.8. The maximum absolute atomic E-state index is 13.0. The highest BCUT2D eigenvalue weighted by atomic mass is 35.5. The molecule has 1 unspecified atom stereocenters. The number of nitrogens with one attached hydrogen (secondary N) is 3. The second-order valence-corrected chi connectivity index (χ2v) is 9.16. The molecule has 0 aliphatic heterocycles. The quantitative estimate of drug-likeness (QED) is 0.277. The minimum Gasteiger partial charge on any atom is -0.349 e. The molecule has 2 aromatic heterocycles. The number of carbonyl (C=O) groups excluding carboxylic acids is 2. The van der Waals surface area contributed by atoms with Crippen LogP contribution in [0, 0.1) is 0 Å². The second-order valence-electron chi connectivity index (χ2n) is 7.52. The lowest BCUT2D eigenvalue weighted by Gasteiger charge is -2.18. The van der Waals surface area contributed by atoms with Crippen LogP contribution in [0.15, 0.2) is 78.3 Å². The van der Waals surface area contributed by atoms with Crippen LogP contribution in [0.3, 0.4) is 0 Å². The van der Waals surface area contributed by atoms with Gasteiger partial charge in [0, 0.05) is 18.0 Å². The van der Waals surface area contributed by atoms with Gasteiger partial charge in [-0.2, -0.15) is 0 Å². The Hall–Kier alpha value is -3.46. The Kier molecular flexibility index (Phi) is 8.31. The van der Waals surface area contributed by atoms with Crippen molar-refractivity contribution in [1.82, 2.24) is 20.6 Å². The number of carbonyl (C=O) groups is 2. The van der Waals surface area contributed by atoms with Crippen LogP contribution in [0.25, 0.3) is 0 Å². The minimum absolute atomic E-state index is 0.186. The van der Waals surface area contributed by atoms with Gasteiger partial charge in [0.25, 0.3) is 5.91 Å². The third-order valence-electron chi connectivity index (χ3n) is 5.00. The van der Waals surface area contributed by atoms with Gasteiger partial charge in [0.15, 0.2) is 5.13 Å². The van der Waals surface area contributed by atoms with Crippen LogP contribution in [0.4, 0.5) is 10.8 Å². The van der Waals surface area contributed by atoms with Gasteiger partial charge in [0.2, 0.25) is 5.91 Å². The number of pyridine rings is 1. The third kappa shape index (κ3) is 6.79. The van der Waals surface area contributed by atoms with Gasteiger partial charge in [-0.3, -0.25) is 14.6 Å². The molecule has 0 saturated carbocycles. The topological polar surface area (TPSA) is 96.0 Å². The molecule has 4 aromatic rings. The van der Waals surface area contributed by atoms with Crippen LogP contribution >= 0.6 is 34.5 Å². The van der Waals surface area contributed by atoms with Gasteiger partial charge in [-0.15, -0.1) is 11.3 Å². The predicted octanol–water partition coefficient (Wildman–Crippen LogP) is 5.25. The van der Waals surface area contributed by atoms with Crippen molar-refractivity contribution >= 4 is 57.2 Å². The van der Waals surface area contributed by atoms with Crippen molar-refractivity contribution in [2.24, 2.45) is 0 Å². The van der Waals surface area contributed by atoms with Crippen LogP contribution in [-0.2, 0) is 17.8 Å². The Morgan fingerprint density at radius 2 is 1.77 bits per heavy atom. The first-order chi connectivity index (χ1) is 17.0. The van der Waals surface area contributed by atoms with E-state index in [-0.39, 0.29) is 18.1 Å². The number of hydrogen-bond donors (Lipinski definition) is 3. The van der Waals surface area contributed by atoms with Gasteiger partial charge in [-0.05, 0) is 29.8 Å². The number of thiazole rings is 1. The van der Waals surface area contributed by atoms with E-state index < -0.39 is 11.9 Å². The van der Waals surface area contributed by atoms with Crippen molar-refractivity contribution in [3.05, 3.63) is 105 Å². The molecule has 10 heteroatoms. The molecule has 4 rings (SSSR count). The van der Waals surface area contributed by atoms with Crippen molar-refractivity contribution in [1.29, 1.82) is 0 Å². The molecule has 2 aromatic carbocycles. The van der Waals surface area contributed by atoms with Crippen molar-refractivity contribution in [2.75, 3.05) is 5.32 Å². The summed E-state index contributed by atoms with van der Waals surface area (Å²) < 4.78 is 0. The Bertz CT molecular complexity index is 1300. The summed E-state index contributed by atoms with van der Waals surface area (Å²) in [5.74, 6) is -0.771. The molecule has 178 valence electrons. The first-order valence-electron chi connectivity index (χ1n) is 10.7. The molecule has 2 heterocycles. The van der Waals surface area contributed by atoms with E-state index in [9.17, 15) is 9.59 Å². The van der Waals surface area contributed by atoms with E-state index in [1.165, 1.54) is 11.3 Å². The normalized spacial score (nSPS) is 11.5. The highest BCUT2D eigenvalue weighted by Gasteiger charge is 2.23. The van der Waals surface area contributed by atoms with Crippen LogP contribution in [-0.4, -0.2) is 27.8 Å². The Balaban J connectivity index is 1.45. The summed E-state index contributed by atoms with van der Waals surface area (Å²) in [7, 11) is 0. The van der Waals surface area contributed by atoms with E-state index in [2.05, 4.69) is 25.9 Å². The molecular weight excluding hydrogens is 505 g/mol. The lowest BCUT2D eigenvalue weighted by Crippen LogP contribution is -2.48. The van der Waals surface area contributed by atoms with Gasteiger partial charge >= 0.3 is 0 Å². The lowest BCUT2D eigenvalue weighted by molar-refractivity contribution is -0.123. The number of anilines is 2. The Morgan fingerprint density at radius 1 is 0.971 bits per heavy atom. The number of hydrogen-bond acceptors (Lipinski definition) is 6. The molecule has 0 aliphatic rings. The summed E-state index contributed by atoms with van der Waals surface area (Å²) in [6, 6.07) is 19.4. The summed E-state index contributed by atoms with van der Waals surface area (Å²) in [5.41, 5.74) is 2.41. The standard InChI is InChI=1S/C25H21Cl2N5O2S/c26-18-10-6-11-19(22(18)27)31-25-32-21(15-35-25)24(34)30-20(13-16-7-2-1-3-8-16)23(33)29-14-17-9-4-5-12-28-17/h1-12,15,20H,13-14H2,(H,29,33)(H,30,34)(H,31,32). The van der Waals surface area contributed by atoms with Gasteiger partial charge in [0.1, 0.15) is 11.7 Å². The molecule has 7 nitrogen and oxygen atoms in total. The van der Waals surface area contributed by atoms with Crippen molar-refractivity contribution < 1.29 is 9.59 Å². The van der Waals surface area contributed by atoms with Gasteiger partial charge in [-0.25, -0.2) is 4.98 Å². The summed E-state index contributed by atoms with van der Waals surface area (Å²) in [5, 5.41) is 11.6. The maximum Gasteiger partial charge on any atom is 0.271 e. The number of nitrogens with zero attached hydrogens (tertiary/aromatic N) is 2. The van der Waals surface area contributed by atoms with Gasteiger partial charge in [-0.1, -0.05) is 65.7 Å². The lowest BCUT2D eigenvalue weighted by atomic mass is 10.0. The van der Waals surface area contributed by atoms with Crippen LogP contribution in [0.2, 0.25) is 10.0 Å². The van der Waals surface area contributed by atoms with E-state index in [0.29, 0.717) is 27.3 Å². The monoisotopic (exact) mass is 525 g/mol. The van der Waals surface area contributed by atoms with E-state index in [0.717, 1.165) is 11.3 Å². The molecule has 0 bridgehead atoms. The Morgan fingerprint density at radius 3 is 2.54 bits per heavy atom. The summed E-state index contributed by atoms with van der Waals surface area (Å²) in [6.07, 6.45) is 1.99. The highest BCUT2D eigenvalue weighted by molar-refractivity contribution is 7.14. The molecule has 0 radical (unpaired) electrons. The molecule has 0 spiro atoms. The van der Waals surface area contributed by atoms with Crippen molar-refractivity contribution in [3.8, 4) is 0 Å². The minimum atomic E-state index is -0.797. The fourth-order valence-electron chi connectivity index (χ4n) is 3.25. The molecular formula is C25H21Cl2N5O2S. The molecule has 0 aliphatic carbocycles. The molecule has 0 saturated heterocycles. The fourth-order valence-corrected chi connectivity index (χ4v) is 4.30. The average molecular weight is 526 g/mol. The molecule has 2 amide bonds. The largest absolute Gasteiger partial charge is 0.349 e. The van der Waals surface area contributed by atoms with Gasteiger partial charge < -0.3 is 16.0 Å². The van der Waals surface area contributed by atoms with E-state index in [1.807, 2.05) is 42.5 Å². The first kappa shape index (κ1) is 24.7. The SMILES string of the molecule is O=C(NC(Cc1ccccc1)C(=O)NCc1ccccn1)c1csc(Nc2cccc(Cl)c2Cl)n1. The van der Waals surface area contributed by atoms with Gasteiger partial charge in [0.05, 0.1) is 28.0 Å². The molecule has 3 N–H and O–H groups in total. The summed E-state index contributed by atoms with van der Waals surface area (Å²) in [4.78, 5) is 34.5. The predicted molar refractivity (Wildman–Crippen MR) is 139 cm³/mol. The van der Waals surface area contributed by atoms with Crippen molar-refractivity contribution in [3.63, 3.8) is 0 Å². The maximum atomic E-state index is 13.0. The van der Waals surface area contributed by atoms with Crippen LogP contribution in [0.5, 0.6) is 0 Å². The molecule has 35 heavy (non-hydrogen) atoms. The number of benzene rings is 2. The first-order valence-corrected chi connectivity index (χ1v) is 12.3. The zero-order valence-corrected chi connectivity index (χ0v) is 20.7. The molecule has 0 fully saturated rings. The number of rotatable bonds is 9. The molecule has 1 atom stereocenters. The van der Waals surface area contributed by atoms with E-state index in [4.69, 9.17) is 23.2 Å².